The number of hydrogen-bond acceptors (Lipinski definition) is 5. The molecule has 2 aromatic rings. The van der Waals surface area contributed by atoms with Gasteiger partial charge in [0.05, 0.1) is 17.7 Å². The van der Waals surface area contributed by atoms with Gasteiger partial charge in [0.1, 0.15) is 6.61 Å². The molecule has 0 amide bonds. The lowest BCUT2D eigenvalue weighted by Gasteiger charge is -2.08. The summed E-state index contributed by atoms with van der Waals surface area (Å²) in [6.07, 6.45) is -4.67. The maximum atomic E-state index is 12.5. The summed E-state index contributed by atoms with van der Waals surface area (Å²) in [5.41, 5.74) is 5.39. The van der Waals surface area contributed by atoms with Gasteiger partial charge in [-0.05, 0) is 11.6 Å². The third-order valence-corrected chi connectivity index (χ3v) is 3.28. The van der Waals surface area contributed by atoms with Crippen LogP contribution >= 0.6 is 11.3 Å². The highest BCUT2D eigenvalue weighted by atomic mass is 32.1. The molecule has 1 aromatic carbocycles. The first kappa shape index (κ1) is 15.3. The van der Waals surface area contributed by atoms with Gasteiger partial charge >= 0.3 is 12.1 Å². The van der Waals surface area contributed by atoms with E-state index in [9.17, 15) is 18.0 Å². The van der Waals surface area contributed by atoms with Gasteiger partial charge in [-0.2, -0.15) is 13.2 Å². The fraction of sp³-hybridized carbons (Fsp3) is 0.231. The van der Waals surface area contributed by atoms with Crippen molar-refractivity contribution >= 4 is 22.4 Å². The largest absolute Gasteiger partial charge is 0.459 e. The first-order chi connectivity index (χ1) is 9.84. The molecule has 8 heteroatoms. The van der Waals surface area contributed by atoms with Gasteiger partial charge in [0.2, 0.25) is 0 Å². The van der Waals surface area contributed by atoms with Gasteiger partial charge in [-0.15, -0.1) is 11.3 Å². The monoisotopic (exact) mass is 316 g/mol. The molecule has 0 aliphatic heterocycles. The van der Waals surface area contributed by atoms with E-state index in [-0.39, 0.29) is 18.6 Å². The Labute approximate surface area is 122 Å². The molecular weight excluding hydrogens is 305 g/mol. The quantitative estimate of drug-likeness (QED) is 0.881. The predicted octanol–water partition coefficient (Wildman–Crippen LogP) is 3.03. The Hall–Kier alpha value is -2.09. The number of carbonyl (C=O) groups is 1. The summed E-state index contributed by atoms with van der Waals surface area (Å²) in [6, 6.07) is 4.58. The topological polar surface area (TPSA) is 65.2 Å². The third-order valence-electron chi connectivity index (χ3n) is 2.55. The maximum Gasteiger partial charge on any atom is 0.416 e. The van der Waals surface area contributed by atoms with Crippen LogP contribution in [0.15, 0.2) is 29.6 Å². The smallest absolute Gasteiger partial charge is 0.416 e. The van der Waals surface area contributed by atoms with Crippen LogP contribution in [0.2, 0.25) is 0 Å². The van der Waals surface area contributed by atoms with E-state index in [1.54, 1.807) is 5.38 Å². The van der Waals surface area contributed by atoms with Crippen molar-refractivity contribution in [3.05, 3.63) is 46.5 Å². The van der Waals surface area contributed by atoms with E-state index in [0.717, 1.165) is 12.1 Å². The van der Waals surface area contributed by atoms with Crippen LogP contribution in [-0.2, 0) is 28.7 Å². The molecule has 0 saturated heterocycles. The fourth-order valence-electron chi connectivity index (χ4n) is 1.62. The average Bonchev–Trinajstić information content (AvgIpc) is 2.82. The van der Waals surface area contributed by atoms with Crippen molar-refractivity contribution in [3.63, 3.8) is 0 Å². The number of esters is 1. The number of thiazole rings is 1. The Morgan fingerprint density at radius 1 is 1.38 bits per heavy atom. The van der Waals surface area contributed by atoms with Crippen molar-refractivity contribution in [2.24, 2.45) is 0 Å². The summed E-state index contributed by atoms with van der Waals surface area (Å²) < 4.78 is 42.6. The van der Waals surface area contributed by atoms with E-state index in [4.69, 9.17) is 10.5 Å². The zero-order chi connectivity index (χ0) is 15.5. The molecular formula is C13H11F3N2O2S. The first-order valence-corrected chi connectivity index (χ1v) is 6.74. The minimum absolute atomic E-state index is 0.0501. The molecule has 21 heavy (non-hydrogen) atoms. The number of alkyl halides is 3. The minimum atomic E-state index is -4.43. The lowest BCUT2D eigenvalue weighted by molar-refractivity contribution is -0.144. The second kappa shape index (κ2) is 6.13. The number of halogens is 3. The number of benzene rings is 1. The summed E-state index contributed by atoms with van der Waals surface area (Å²) in [5.74, 6) is -0.624. The molecule has 0 fully saturated rings. The summed E-state index contributed by atoms with van der Waals surface area (Å²) >= 11 is 1.22. The second-order valence-electron chi connectivity index (χ2n) is 4.21. The molecule has 0 unspecified atom stereocenters. The number of nitrogens with zero attached hydrogens (tertiary/aromatic N) is 1. The molecule has 1 aromatic heterocycles. The Morgan fingerprint density at radius 3 is 2.76 bits per heavy atom. The van der Waals surface area contributed by atoms with Gasteiger partial charge in [0.15, 0.2) is 5.13 Å². The Kier molecular flexibility index (Phi) is 4.46. The fourth-order valence-corrected chi connectivity index (χ4v) is 2.17. The number of aromatic nitrogens is 1. The lowest BCUT2D eigenvalue weighted by Crippen LogP contribution is -2.10. The molecule has 0 aliphatic rings. The standard InChI is InChI=1S/C13H11F3N2O2S/c14-13(15,16)9-3-1-2-8(4-9)5-11(19)20-6-10-7-21-12(17)18-10/h1-4,7H,5-6H2,(H2,17,18). The molecule has 0 aliphatic carbocycles. The van der Waals surface area contributed by atoms with Gasteiger partial charge in [0, 0.05) is 5.38 Å². The first-order valence-electron chi connectivity index (χ1n) is 5.86. The molecule has 0 spiro atoms. The van der Waals surface area contributed by atoms with Crippen molar-refractivity contribution in [3.8, 4) is 0 Å². The van der Waals surface area contributed by atoms with Gasteiger partial charge in [0.25, 0.3) is 0 Å². The molecule has 2 N–H and O–H groups in total. The number of ether oxygens (including phenoxy) is 1. The molecule has 0 atom stereocenters. The van der Waals surface area contributed by atoms with Gasteiger partial charge in [-0.25, -0.2) is 4.98 Å². The zero-order valence-electron chi connectivity index (χ0n) is 10.7. The van der Waals surface area contributed by atoms with E-state index in [1.807, 2.05) is 0 Å². The van der Waals surface area contributed by atoms with Gasteiger partial charge < -0.3 is 10.5 Å². The highest BCUT2D eigenvalue weighted by molar-refractivity contribution is 7.13. The van der Waals surface area contributed by atoms with Crippen LogP contribution in [0.5, 0.6) is 0 Å². The third kappa shape index (κ3) is 4.45. The predicted molar refractivity (Wildman–Crippen MR) is 71.5 cm³/mol. The minimum Gasteiger partial charge on any atom is -0.459 e. The molecule has 0 saturated carbocycles. The van der Waals surface area contributed by atoms with Crippen molar-refractivity contribution in [1.29, 1.82) is 0 Å². The van der Waals surface area contributed by atoms with E-state index < -0.39 is 17.7 Å². The Morgan fingerprint density at radius 2 is 2.14 bits per heavy atom. The van der Waals surface area contributed by atoms with Crippen molar-refractivity contribution in [1.82, 2.24) is 4.98 Å². The SMILES string of the molecule is Nc1nc(COC(=O)Cc2cccc(C(F)(F)F)c2)cs1. The number of rotatable bonds is 4. The van der Waals surface area contributed by atoms with Crippen LogP contribution < -0.4 is 5.73 Å². The number of anilines is 1. The molecule has 112 valence electrons. The normalized spacial score (nSPS) is 11.4. The van der Waals surface area contributed by atoms with Crippen LogP contribution in [0, 0.1) is 0 Å². The van der Waals surface area contributed by atoms with Crippen LogP contribution in [0.3, 0.4) is 0 Å². The van der Waals surface area contributed by atoms with E-state index in [1.165, 1.54) is 23.5 Å². The van der Waals surface area contributed by atoms with Crippen LogP contribution in [0.1, 0.15) is 16.8 Å². The van der Waals surface area contributed by atoms with Crippen LogP contribution in [0.25, 0.3) is 0 Å². The Bertz CT molecular complexity index is 640. The van der Waals surface area contributed by atoms with Gasteiger partial charge in [-0.3, -0.25) is 4.79 Å². The van der Waals surface area contributed by atoms with Crippen molar-refractivity contribution in [2.45, 2.75) is 19.2 Å². The highest BCUT2D eigenvalue weighted by Crippen LogP contribution is 2.29. The van der Waals surface area contributed by atoms with Crippen LogP contribution in [-0.4, -0.2) is 11.0 Å². The zero-order valence-corrected chi connectivity index (χ0v) is 11.5. The number of nitrogen functional groups attached to an aromatic ring is 1. The molecule has 0 radical (unpaired) electrons. The maximum absolute atomic E-state index is 12.5. The van der Waals surface area contributed by atoms with E-state index >= 15 is 0 Å². The van der Waals surface area contributed by atoms with Gasteiger partial charge in [-0.1, -0.05) is 18.2 Å². The summed E-state index contributed by atoms with van der Waals surface area (Å²) in [5, 5.41) is 2.01. The molecule has 1 heterocycles. The van der Waals surface area contributed by atoms with E-state index in [0.29, 0.717) is 10.8 Å². The van der Waals surface area contributed by atoms with Crippen molar-refractivity contribution in [2.75, 3.05) is 5.73 Å². The highest BCUT2D eigenvalue weighted by Gasteiger charge is 2.30. The number of hydrogen-bond donors (Lipinski definition) is 1. The Balaban J connectivity index is 1.93. The molecule has 0 bridgehead atoms. The molecule has 4 nitrogen and oxygen atoms in total. The van der Waals surface area contributed by atoms with Crippen LogP contribution in [0.4, 0.5) is 18.3 Å². The summed E-state index contributed by atoms with van der Waals surface area (Å²) in [6.45, 7) is -0.0501. The van der Waals surface area contributed by atoms with E-state index in [2.05, 4.69) is 4.98 Å². The summed E-state index contributed by atoms with van der Waals surface area (Å²) in [7, 11) is 0. The average molecular weight is 316 g/mol. The summed E-state index contributed by atoms with van der Waals surface area (Å²) in [4.78, 5) is 15.5. The lowest BCUT2D eigenvalue weighted by atomic mass is 10.1. The second-order valence-corrected chi connectivity index (χ2v) is 5.10. The molecule has 2 rings (SSSR count). The number of nitrogens with two attached hydrogens (primary N) is 1. The number of carbonyl (C=O) groups excluding carboxylic acids is 1. The van der Waals surface area contributed by atoms with Crippen molar-refractivity contribution < 1.29 is 22.7 Å².